The van der Waals surface area contributed by atoms with Gasteiger partial charge < -0.3 is 0 Å². The molecule has 0 aromatic heterocycles. The Bertz CT molecular complexity index is 907. The van der Waals surface area contributed by atoms with Crippen molar-refractivity contribution in [3.8, 4) is 6.07 Å². The fourth-order valence-corrected chi connectivity index (χ4v) is 2.90. The van der Waals surface area contributed by atoms with Crippen LogP contribution in [0.2, 0.25) is 10.0 Å². The molecule has 0 atom stereocenters. The fourth-order valence-electron chi connectivity index (χ4n) is 2.34. The highest BCUT2D eigenvalue weighted by Gasteiger charge is 2.24. The van der Waals surface area contributed by atoms with E-state index in [0.717, 1.165) is 6.07 Å². The molecule has 0 saturated heterocycles. The quantitative estimate of drug-likeness (QED) is 0.581. The Morgan fingerprint density at radius 1 is 1.08 bits per heavy atom. The molecule has 2 aromatic carbocycles. The van der Waals surface area contributed by atoms with Crippen molar-refractivity contribution in [1.82, 2.24) is 0 Å². The number of hydrogen-bond acceptors (Lipinski definition) is 5. The lowest BCUT2D eigenvalue weighted by molar-refractivity contribution is -0.394. The van der Waals surface area contributed by atoms with Crippen LogP contribution in [0.5, 0.6) is 0 Å². The van der Waals surface area contributed by atoms with Crippen molar-refractivity contribution >= 4 is 34.6 Å². The monoisotopic (exact) mass is 365 g/mol. The lowest BCUT2D eigenvalue weighted by atomic mass is 9.95. The third-order valence-corrected chi connectivity index (χ3v) is 4.03. The average molecular weight is 366 g/mol. The first-order valence-electron chi connectivity index (χ1n) is 6.55. The standard InChI is InChI=1S/C15H9Cl2N3O4/c1-8-2-11(19(21)22)5-15(20(23)24)12(8)6-13-9(7-18)3-10(16)4-14(13)17/h2-5H,6H2,1H3. The molecule has 122 valence electrons. The summed E-state index contributed by atoms with van der Waals surface area (Å²) >= 11 is 12.0. The minimum Gasteiger partial charge on any atom is -0.258 e. The number of aryl methyl sites for hydroxylation is 1. The maximum Gasteiger partial charge on any atom is 0.280 e. The Morgan fingerprint density at radius 3 is 2.29 bits per heavy atom. The van der Waals surface area contributed by atoms with Gasteiger partial charge in [-0.3, -0.25) is 20.2 Å². The van der Waals surface area contributed by atoms with E-state index in [2.05, 4.69) is 0 Å². The summed E-state index contributed by atoms with van der Waals surface area (Å²) in [5.41, 5.74) is 0.433. The van der Waals surface area contributed by atoms with Crippen LogP contribution in [0.15, 0.2) is 24.3 Å². The van der Waals surface area contributed by atoms with Crippen LogP contribution in [0.1, 0.15) is 22.3 Å². The minimum atomic E-state index is -0.695. The molecule has 2 rings (SSSR count). The zero-order valence-corrected chi connectivity index (χ0v) is 13.8. The summed E-state index contributed by atoms with van der Waals surface area (Å²) in [6, 6.07) is 6.95. The van der Waals surface area contributed by atoms with Crippen LogP contribution in [-0.2, 0) is 6.42 Å². The molecule has 24 heavy (non-hydrogen) atoms. The van der Waals surface area contributed by atoms with Crippen molar-refractivity contribution in [2.75, 3.05) is 0 Å². The Morgan fingerprint density at radius 2 is 1.75 bits per heavy atom. The SMILES string of the molecule is Cc1cc([N+](=O)[O-])cc([N+](=O)[O-])c1Cc1c(Cl)cc(Cl)cc1C#N. The van der Waals surface area contributed by atoms with E-state index in [9.17, 15) is 25.5 Å². The highest BCUT2D eigenvalue weighted by Crippen LogP contribution is 2.34. The summed E-state index contributed by atoms with van der Waals surface area (Å²) in [5.74, 6) is 0. The molecule has 0 saturated carbocycles. The molecule has 0 bridgehead atoms. The third-order valence-electron chi connectivity index (χ3n) is 3.48. The molecule has 9 heteroatoms. The van der Waals surface area contributed by atoms with Crippen LogP contribution in [0.25, 0.3) is 0 Å². The zero-order valence-electron chi connectivity index (χ0n) is 12.2. The number of halogens is 2. The van der Waals surface area contributed by atoms with E-state index >= 15 is 0 Å². The van der Waals surface area contributed by atoms with Crippen molar-refractivity contribution in [1.29, 1.82) is 5.26 Å². The molecule has 0 amide bonds. The third kappa shape index (κ3) is 3.45. The Hall–Kier alpha value is -2.69. The van der Waals surface area contributed by atoms with Gasteiger partial charge in [-0.1, -0.05) is 23.2 Å². The lowest BCUT2D eigenvalue weighted by Gasteiger charge is -2.11. The summed E-state index contributed by atoms with van der Waals surface area (Å²) in [6.45, 7) is 1.53. The Balaban J connectivity index is 2.65. The van der Waals surface area contributed by atoms with E-state index in [4.69, 9.17) is 23.2 Å². The minimum absolute atomic E-state index is 0.0148. The number of nitro groups is 2. The van der Waals surface area contributed by atoms with E-state index in [1.807, 2.05) is 6.07 Å². The maximum absolute atomic E-state index is 11.3. The molecule has 2 aromatic rings. The number of nitrogens with zero attached hydrogens (tertiary/aromatic N) is 3. The number of hydrogen-bond donors (Lipinski definition) is 0. The molecule has 0 N–H and O–H groups in total. The zero-order chi connectivity index (χ0) is 18.0. The van der Waals surface area contributed by atoms with Crippen molar-refractivity contribution in [2.24, 2.45) is 0 Å². The smallest absolute Gasteiger partial charge is 0.258 e. The van der Waals surface area contributed by atoms with Gasteiger partial charge >= 0.3 is 0 Å². The van der Waals surface area contributed by atoms with Gasteiger partial charge in [0.25, 0.3) is 11.4 Å². The van der Waals surface area contributed by atoms with Gasteiger partial charge in [-0.05, 0) is 30.2 Å². The van der Waals surface area contributed by atoms with E-state index in [1.54, 1.807) is 0 Å². The molecule has 0 radical (unpaired) electrons. The first-order chi connectivity index (χ1) is 11.2. The van der Waals surface area contributed by atoms with Gasteiger partial charge in [-0.2, -0.15) is 5.26 Å². The van der Waals surface area contributed by atoms with Crippen LogP contribution in [0, 0.1) is 38.5 Å². The van der Waals surface area contributed by atoms with Crippen molar-refractivity contribution in [2.45, 2.75) is 13.3 Å². The summed E-state index contributed by atoms with van der Waals surface area (Å²) in [4.78, 5) is 20.8. The fraction of sp³-hybridized carbons (Fsp3) is 0.133. The molecular weight excluding hydrogens is 357 g/mol. The van der Waals surface area contributed by atoms with Gasteiger partial charge in [-0.15, -0.1) is 0 Å². The summed E-state index contributed by atoms with van der Waals surface area (Å²) in [6.07, 6.45) is -0.0148. The number of benzene rings is 2. The van der Waals surface area contributed by atoms with Crippen LogP contribution >= 0.6 is 23.2 Å². The molecule has 0 fully saturated rings. The number of non-ortho nitro benzene ring substituents is 1. The van der Waals surface area contributed by atoms with Gasteiger partial charge in [0.2, 0.25) is 0 Å². The van der Waals surface area contributed by atoms with E-state index in [1.165, 1.54) is 25.1 Å². The predicted molar refractivity (Wildman–Crippen MR) is 88.5 cm³/mol. The molecule has 0 heterocycles. The molecule has 7 nitrogen and oxygen atoms in total. The summed E-state index contributed by atoms with van der Waals surface area (Å²) in [7, 11) is 0. The molecule has 0 aliphatic carbocycles. The second kappa shape index (κ2) is 6.83. The lowest BCUT2D eigenvalue weighted by Crippen LogP contribution is -2.03. The van der Waals surface area contributed by atoms with Gasteiger partial charge in [0.15, 0.2) is 0 Å². The summed E-state index contributed by atoms with van der Waals surface area (Å²) in [5, 5.41) is 31.9. The van der Waals surface area contributed by atoms with E-state index in [0.29, 0.717) is 11.1 Å². The Kier molecular flexibility index (Phi) is 5.02. The topological polar surface area (TPSA) is 110 Å². The Labute approximate surface area is 146 Å². The van der Waals surface area contributed by atoms with Gasteiger partial charge in [-0.25, -0.2) is 0 Å². The number of nitriles is 1. The number of rotatable bonds is 4. The normalized spacial score (nSPS) is 10.2. The van der Waals surface area contributed by atoms with Gasteiger partial charge in [0.1, 0.15) is 0 Å². The highest BCUT2D eigenvalue weighted by molar-refractivity contribution is 6.35. The molecule has 0 aliphatic heterocycles. The number of nitro benzene ring substituents is 2. The first kappa shape index (κ1) is 17.7. The summed E-state index contributed by atoms with van der Waals surface area (Å²) < 4.78 is 0. The van der Waals surface area contributed by atoms with Gasteiger partial charge in [0.05, 0.1) is 27.5 Å². The van der Waals surface area contributed by atoms with Crippen LogP contribution in [-0.4, -0.2) is 9.85 Å². The molecule has 0 aliphatic rings. The second-order valence-electron chi connectivity index (χ2n) is 4.98. The molecule has 0 unspecified atom stereocenters. The van der Waals surface area contributed by atoms with Crippen LogP contribution < -0.4 is 0 Å². The van der Waals surface area contributed by atoms with Crippen LogP contribution in [0.4, 0.5) is 11.4 Å². The molecule has 0 spiro atoms. The van der Waals surface area contributed by atoms with Gasteiger partial charge in [0, 0.05) is 28.1 Å². The van der Waals surface area contributed by atoms with E-state index < -0.39 is 15.5 Å². The van der Waals surface area contributed by atoms with E-state index in [-0.39, 0.29) is 33.3 Å². The van der Waals surface area contributed by atoms with Crippen molar-refractivity contribution in [3.63, 3.8) is 0 Å². The second-order valence-corrected chi connectivity index (χ2v) is 5.82. The average Bonchev–Trinajstić information content (AvgIpc) is 2.50. The largest absolute Gasteiger partial charge is 0.280 e. The highest BCUT2D eigenvalue weighted by atomic mass is 35.5. The van der Waals surface area contributed by atoms with Crippen molar-refractivity contribution in [3.05, 3.63) is 76.8 Å². The molecular formula is C15H9Cl2N3O4. The first-order valence-corrected chi connectivity index (χ1v) is 7.30. The maximum atomic E-state index is 11.3. The predicted octanol–water partition coefficient (Wildman–Crippen LogP) is 4.58. The van der Waals surface area contributed by atoms with Crippen LogP contribution in [0.3, 0.4) is 0 Å². The van der Waals surface area contributed by atoms with Crippen molar-refractivity contribution < 1.29 is 9.85 Å².